The minimum absolute atomic E-state index is 0.302. The van der Waals surface area contributed by atoms with Crippen molar-refractivity contribution in [1.29, 1.82) is 0 Å². The van der Waals surface area contributed by atoms with E-state index in [0.717, 1.165) is 31.9 Å². The predicted octanol–water partition coefficient (Wildman–Crippen LogP) is 2.99. The Morgan fingerprint density at radius 2 is 2.20 bits per heavy atom. The summed E-state index contributed by atoms with van der Waals surface area (Å²) in [5, 5.41) is 6.38. The monoisotopic (exact) mass is 210 g/mol. The Morgan fingerprint density at radius 3 is 2.80 bits per heavy atom. The lowest BCUT2D eigenvalue weighted by Crippen LogP contribution is -2.27. The van der Waals surface area contributed by atoms with Crippen LogP contribution in [0.2, 0.25) is 0 Å². The van der Waals surface area contributed by atoms with E-state index in [1.807, 2.05) is 24.2 Å². The molecule has 1 rings (SSSR count). The van der Waals surface area contributed by atoms with Crippen LogP contribution in [0.25, 0.3) is 0 Å². The van der Waals surface area contributed by atoms with E-state index in [1.165, 1.54) is 0 Å². The Labute approximate surface area is 92.8 Å². The van der Waals surface area contributed by atoms with Crippen LogP contribution in [0.3, 0.4) is 0 Å². The highest BCUT2D eigenvalue weighted by molar-refractivity contribution is 5.57. The van der Waals surface area contributed by atoms with Crippen molar-refractivity contribution in [3.05, 3.63) is 12.0 Å². The molecule has 1 saturated heterocycles. The molecule has 0 bridgehead atoms. The van der Waals surface area contributed by atoms with Crippen LogP contribution >= 0.6 is 0 Å². The minimum Gasteiger partial charge on any atom is -0.478 e. The summed E-state index contributed by atoms with van der Waals surface area (Å²) in [5.74, 6) is 0.881. The van der Waals surface area contributed by atoms with E-state index in [2.05, 4.69) is 25.9 Å². The van der Waals surface area contributed by atoms with Gasteiger partial charge in [0.1, 0.15) is 0 Å². The second-order valence-corrected chi connectivity index (χ2v) is 5.01. The number of nitrogens with zero attached hydrogens (tertiary/aromatic N) is 2. The van der Waals surface area contributed by atoms with E-state index in [9.17, 15) is 0 Å². The van der Waals surface area contributed by atoms with Crippen molar-refractivity contribution < 1.29 is 4.74 Å². The van der Waals surface area contributed by atoms with E-state index < -0.39 is 0 Å². The van der Waals surface area contributed by atoms with Crippen LogP contribution in [0.15, 0.2) is 17.1 Å². The van der Waals surface area contributed by atoms with Gasteiger partial charge in [-0.1, -0.05) is 20.8 Å². The van der Waals surface area contributed by atoms with E-state index >= 15 is 0 Å². The third kappa shape index (κ3) is 4.36. The number of hydrogen-bond donors (Lipinski definition) is 0. The normalized spacial score (nSPS) is 21.1. The van der Waals surface area contributed by atoms with Gasteiger partial charge in [-0.15, -0.1) is 0 Å². The highest BCUT2D eigenvalue weighted by atomic mass is 16.5. The largest absolute Gasteiger partial charge is 0.478 e. The molecule has 86 valence electrons. The molecule has 0 amide bonds. The van der Waals surface area contributed by atoms with Crippen molar-refractivity contribution in [3.8, 4) is 0 Å². The van der Waals surface area contributed by atoms with Gasteiger partial charge in [0.15, 0.2) is 0 Å². The Bertz CT molecular complexity index is 251. The first-order chi connectivity index (χ1) is 7.03. The molecule has 0 aromatic heterocycles. The fourth-order valence-corrected chi connectivity index (χ4v) is 1.34. The van der Waals surface area contributed by atoms with Crippen LogP contribution in [0, 0.1) is 5.41 Å². The molecule has 0 radical (unpaired) electrons. The molecule has 1 aliphatic rings. The molecule has 0 aromatic rings. The summed E-state index contributed by atoms with van der Waals surface area (Å²) in [4.78, 5) is 0. The van der Waals surface area contributed by atoms with Gasteiger partial charge in [0.2, 0.25) is 5.88 Å². The van der Waals surface area contributed by atoms with E-state index in [-0.39, 0.29) is 0 Å². The third-order valence-electron chi connectivity index (χ3n) is 2.19. The maximum absolute atomic E-state index is 5.50. The van der Waals surface area contributed by atoms with Crippen LogP contribution in [-0.2, 0) is 4.74 Å². The Kier molecular flexibility index (Phi) is 4.18. The fraction of sp³-hybridized carbons (Fsp3) is 0.750. The molecule has 0 N–H and O–H groups in total. The van der Waals surface area contributed by atoms with Crippen molar-refractivity contribution in [2.24, 2.45) is 10.5 Å². The topological polar surface area (TPSA) is 24.8 Å². The van der Waals surface area contributed by atoms with Gasteiger partial charge in [-0.2, -0.15) is 5.10 Å². The van der Waals surface area contributed by atoms with E-state index in [4.69, 9.17) is 4.74 Å². The van der Waals surface area contributed by atoms with Crippen molar-refractivity contribution in [1.82, 2.24) is 5.01 Å². The van der Waals surface area contributed by atoms with Crippen molar-refractivity contribution in [2.45, 2.75) is 40.5 Å². The van der Waals surface area contributed by atoms with Gasteiger partial charge in [-0.3, -0.25) is 0 Å². The molecule has 0 aromatic carbocycles. The molecule has 3 heteroatoms. The van der Waals surface area contributed by atoms with Crippen LogP contribution in [0.5, 0.6) is 0 Å². The van der Waals surface area contributed by atoms with Gasteiger partial charge in [0, 0.05) is 19.2 Å². The number of allylic oxidation sites excluding steroid dienone is 1. The van der Waals surface area contributed by atoms with Crippen molar-refractivity contribution >= 4 is 6.21 Å². The van der Waals surface area contributed by atoms with Gasteiger partial charge in [0.25, 0.3) is 0 Å². The molecular weight excluding hydrogens is 188 g/mol. The summed E-state index contributed by atoms with van der Waals surface area (Å²) in [6.07, 6.45) is 5.98. The summed E-state index contributed by atoms with van der Waals surface area (Å²) >= 11 is 0. The molecule has 3 nitrogen and oxygen atoms in total. The molecule has 1 aliphatic heterocycles. The average molecular weight is 210 g/mol. The van der Waals surface area contributed by atoms with Gasteiger partial charge in [-0.05, 0) is 24.8 Å². The highest BCUT2D eigenvalue weighted by Crippen LogP contribution is 2.18. The summed E-state index contributed by atoms with van der Waals surface area (Å²) < 4.78 is 5.50. The second kappa shape index (κ2) is 5.19. The molecule has 1 heterocycles. The van der Waals surface area contributed by atoms with Crippen LogP contribution < -0.4 is 0 Å². The first-order valence-corrected chi connectivity index (χ1v) is 5.62. The number of ether oxygens (including phenoxy) is 1. The van der Waals surface area contributed by atoms with Gasteiger partial charge in [-0.25, -0.2) is 5.01 Å². The molecule has 0 atom stereocenters. The number of rotatable bonds is 2. The highest BCUT2D eigenvalue weighted by Gasteiger charge is 2.14. The summed E-state index contributed by atoms with van der Waals surface area (Å²) in [6, 6.07) is 0. The lowest BCUT2D eigenvalue weighted by atomic mass is 9.93. The molecule has 0 saturated carbocycles. The van der Waals surface area contributed by atoms with Gasteiger partial charge in [0.05, 0.1) is 6.61 Å². The molecular formula is C12H22N2O. The van der Waals surface area contributed by atoms with Crippen molar-refractivity contribution in [2.75, 3.05) is 13.2 Å². The third-order valence-corrected chi connectivity index (χ3v) is 2.19. The zero-order valence-electron chi connectivity index (χ0n) is 10.3. The Hall–Kier alpha value is -0.990. The van der Waals surface area contributed by atoms with Crippen LogP contribution in [0.1, 0.15) is 40.5 Å². The molecule has 15 heavy (non-hydrogen) atoms. The van der Waals surface area contributed by atoms with Gasteiger partial charge < -0.3 is 4.74 Å². The maximum atomic E-state index is 5.50. The van der Waals surface area contributed by atoms with Crippen LogP contribution in [0.4, 0.5) is 0 Å². The van der Waals surface area contributed by atoms with E-state index in [0.29, 0.717) is 5.41 Å². The SMILES string of the molecule is C/C=C1/OCCCN1/N=C\CC(C)(C)C. The Balaban J connectivity index is 2.48. The summed E-state index contributed by atoms with van der Waals surface area (Å²) in [6.45, 7) is 10.4. The smallest absolute Gasteiger partial charge is 0.205 e. The first-order valence-electron chi connectivity index (χ1n) is 5.62. The lowest BCUT2D eigenvalue weighted by molar-refractivity contribution is 0.0661. The van der Waals surface area contributed by atoms with Crippen LogP contribution in [-0.4, -0.2) is 24.4 Å². The zero-order chi connectivity index (χ0) is 11.3. The van der Waals surface area contributed by atoms with Gasteiger partial charge >= 0.3 is 0 Å². The Morgan fingerprint density at radius 1 is 1.47 bits per heavy atom. The minimum atomic E-state index is 0.302. The predicted molar refractivity (Wildman–Crippen MR) is 63.6 cm³/mol. The quantitative estimate of drug-likeness (QED) is 0.654. The summed E-state index contributed by atoms with van der Waals surface area (Å²) in [7, 11) is 0. The molecule has 0 aliphatic carbocycles. The number of hydrazone groups is 1. The molecule has 0 unspecified atom stereocenters. The van der Waals surface area contributed by atoms with E-state index in [1.54, 1.807) is 0 Å². The first kappa shape index (κ1) is 12.1. The standard InChI is InChI=1S/C12H22N2O/c1-5-11-14(9-6-10-15-11)13-8-7-12(2,3)4/h5,8H,6-7,9-10H2,1-4H3/b11-5+,13-8-. The van der Waals surface area contributed by atoms with Crippen molar-refractivity contribution in [3.63, 3.8) is 0 Å². The average Bonchev–Trinajstić information content (AvgIpc) is 2.16. The molecule has 0 spiro atoms. The number of hydrogen-bond acceptors (Lipinski definition) is 3. The lowest BCUT2D eigenvalue weighted by Gasteiger charge is -2.27. The second-order valence-electron chi connectivity index (χ2n) is 5.01. The fourth-order valence-electron chi connectivity index (χ4n) is 1.34. The maximum Gasteiger partial charge on any atom is 0.205 e. The summed E-state index contributed by atoms with van der Waals surface area (Å²) in [5.41, 5.74) is 0.302. The zero-order valence-corrected chi connectivity index (χ0v) is 10.3. The molecule has 1 fully saturated rings.